The first kappa shape index (κ1) is 27.8. The van der Waals surface area contributed by atoms with E-state index >= 15 is 0 Å². The number of hydrogen-bond donors (Lipinski definition) is 2. The molecule has 1 aliphatic rings. The second kappa shape index (κ2) is 12.5. The molecular formula is C32H44N6. The van der Waals surface area contributed by atoms with Crippen LogP contribution in [-0.2, 0) is 6.54 Å². The normalized spacial score (nSPS) is 17.2. The van der Waals surface area contributed by atoms with Crippen molar-refractivity contribution in [3.8, 4) is 11.1 Å². The van der Waals surface area contributed by atoms with Gasteiger partial charge >= 0.3 is 0 Å². The Kier molecular flexibility index (Phi) is 9.18. The van der Waals surface area contributed by atoms with Crippen LogP contribution in [0.1, 0.15) is 49.8 Å². The minimum absolute atomic E-state index is 0.491. The molecule has 0 bridgehead atoms. The van der Waals surface area contributed by atoms with E-state index in [1.54, 1.807) is 5.57 Å². The Morgan fingerprint density at radius 2 is 1.66 bits per heavy atom. The number of hydrogen-bond acceptors (Lipinski definition) is 6. The van der Waals surface area contributed by atoms with Crippen LogP contribution < -0.4 is 10.6 Å². The third-order valence-electron chi connectivity index (χ3n) is 7.66. The van der Waals surface area contributed by atoms with Gasteiger partial charge in [-0.15, -0.1) is 0 Å². The van der Waals surface area contributed by atoms with Gasteiger partial charge in [0.15, 0.2) is 0 Å². The lowest BCUT2D eigenvalue weighted by molar-refractivity contribution is 0.402. The van der Waals surface area contributed by atoms with E-state index in [9.17, 15) is 0 Å². The van der Waals surface area contributed by atoms with E-state index in [0.717, 1.165) is 44.1 Å². The van der Waals surface area contributed by atoms with Crippen molar-refractivity contribution < 1.29 is 0 Å². The van der Waals surface area contributed by atoms with Gasteiger partial charge in [0.25, 0.3) is 0 Å². The molecule has 2 aromatic heterocycles. The van der Waals surface area contributed by atoms with Gasteiger partial charge in [0.05, 0.1) is 11.9 Å². The monoisotopic (exact) mass is 512 g/mol. The predicted molar refractivity (Wildman–Crippen MR) is 162 cm³/mol. The molecular weight excluding hydrogens is 468 g/mol. The van der Waals surface area contributed by atoms with Crippen LogP contribution in [0.5, 0.6) is 0 Å². The number of nitrogens with zero attached hydrogens (tertiary/aromatic N) is 4. The van der Waals surface area contributed by atoms with Crippen LogP contribution in [0, 0.1) is 5.92 Å². The fourth-order valence-corrected chi connectivity index (χ4v) is 5.46. The van der Waals surface area contributed by atoms with Gasteiger partial charge in [-0.05, 0) is 98.5 Å². The van der Waals surface area contributed by atoms with E-state index in [-0.39, 0.29) is 0 Å². The number of pyridine rings is 2. The Morgan fingerprint density at radius 1 is 0.842 bits per heavy atom. The number of likely N-dealkylation sites (N-methyl/N-ethyl adjacent to an activating group) is 1. The Bertz CT molecular complexity index is 1250. The van der Waals surface area contributed by atoms with E-state index in [2.05, 4.69) is 116 Å². The lowest BCUT2D eigenvalue weighted by Gasteiger charge is -2.34. The van der Waals surface area contributed by atoms with Crippen molar-refractivity contribution in [1.82, 2.24) is 19.8 Å². The quantitative estimate of drug-likeness (QED) is 0.319. The van der Waals surface area contributed by atoms with Gasteiger partial charge in [0, 0.05) is 44.1 Å². The largest absolute Gasteiger partial charge is 0.380 e. The van der Waals surface area contributed by atoms with Gasteiger partial charge in [0.1, 0.15) is 5.82 Å². The molecule has 38 heavy (non-hydrogen) atoms. The third kappa shape index (κ3) is 6.61. The van der Waals surface area contributed by atoms with Crippen LogP contribution in [0.3, 0.4) is 0 Å². The summed E-state index contributed by atoms with van der Waals surface area (Å²) in [4.78, 5) is 13.5. The topological polar surface area (TPSA) is 56.3 Å². The highest BCUT2D eigenvalue weighted by atomic mass is 15.1. The van der Waals surface area contributed by atoms with E-state index in [4.69, 9.17) is 0 Å². The van der Waals surface area contributed by atoms with Crippen LogP contribution in [0.4, 0.5) is 11.5 Å². The lowest BCUT2D eigenvalue weighted by Crippen LogP contribution is -2.21. The molecule has 0 saturated heterocycles. The molecule has 2 heterocycles. The van der Waals surface area contributed by atoms with Gasteiger partial charge in [-0.25, -0.2) is 4.98 Å². The number of rotatable bonds is 11. The molecule has 0 spiro atoms. The van der Waals surface area contributed by atoms with Gasteiger partial charge in [-0.1, -0.05) is 38.5 Å². The molecule has 0 amide bonds. The number of nitrogens with one attached hydrogen (secondary N) is 2. The number of aromatic nitrogens is 2. The van der Waals surface area contributed by atoms with Crippen molar-refractivity contribution in [2.24, 2.45) is 5.92 Å². The van der Waals surface area contributed by atoms with Gasteiger partial charge in [-0.3, -0.25) is 4.98 Å². The number of benzene rings is 1. The maximum Gasteiger partial charge on any atom is 0.126 e. The molecule has 2 N–H and O–H groups in total. The van der Waals surface area contributed by atoms with Crippen molar-refractivity contribution in [1.29, 1.82) is 0 Å². The molecule has 0 saturated carbocycles. The van der Waals surface area contributed by atoms with Crippen molar-refractivity contribution in [2.45, 2.75) is 39.7 Å². The maximum atomic E-state index is 4.61. The highest BCUT2D eigenvalue weighted by Gasteiger charge is 2.29. The Labute approximate surface area is 229 Å². The summed E-state index contributed by atoms with van der Waals surface area (Å²) >= 11 is 0. The molecule has 0 radical (unpaired) electrons. The summed E-state index contributed by atoms with van der Waals surface area (Å²) in [6.07, 6.45) is 6.93. The number of allylic oxidation sites excluding steroid dienone is 1. The van der Waals surface area contributed by atoms with Crippen molar-refractivity contribution in [2.75, 3.05) is 58.5 Å². The standard InChI is InChI=1S/C32H44N6/c1-8-28-22(2)23(3)29-11-9-25(26-15-24(17-33-18-26)21-38(6)7)16-30(29)31(28)20-35-27-10-12-32(36-19-27)34-13-14-37(4)5/h9-12,15-19,22-23,35H,8,13-14,20-21H2,1-7H3,(H,34,36). The Hall–Kier alpha value is -3.22. The van der Waals surface area contributed by atoms with Gasteiger partial charge < -0.3 is 20.4 Å². The molecule has 4 rings (SSSR count). The molecule has 1 aliphatic carbocycles. The molecule has 6 nitrogen and oxygen atoms in total. The molecule has 2 unspecified atom stereocenters. The van der Waals surface area contributed by atoms with Crippen molar-refractivity contribution in [3.63, 3.8) is 0 Å². The summed E-state index contributed by atoms with van der Waals surface area (Å²) in [7, 11) is 8.34. The van der Waals surface area contributed by atoms with Crippen LogP contribution >= 0.6 is 0 Å². The van der Waals surface area contributed by atoms with Crippen LogP contribution in [-0.4, -0.2) is 67.6 Å². The summed E-state index contributed by atoms with van der Waals surface area (Å²) < 4.78 is 0. The summed E-state index contributed by atoms with van der Waals surface area (Å²) in [5, 5.41) is 7.06. The van der Waals surface area contributed by atoms with Crippen molar-refractivity contribution >= 4 is 17.1 Å². The van der Waals surface area contributed by atoms with Crippen LogP contribution in [0.15, 0.2) is 60.6 Å². The Balaban J connectivity index is 1.59. The van der Waals surface area contributed by atoms with E-state index in [0.29, 0.717) is 11.8 Å². The second-order valence-corrected chi connectivity index (χ2v) is 11.1. The summed E-state index contributed by atoms with van der Waals surface area (Å²) in [5.41, 5.74) is 10.4. The first-order chi connectivity index (χ1) is 18.3. The zero-order chi connectivity index (χ0) is 27.2. The Morgan fingerprint density at radius 3 is 2.34 bits per heavy atom. The second-order valence-electron chi connectivity index (χ2n) is 11.1. The third-order valence-corrected chi connectivity index (χ3v) is 7.66. The molecule has 3 aromatic rings. The first-order valence-corrected chi connectivity index (χ1v) is 13.8. The summed E-state index contributed by atoms with van der Waals surface area (Å²) in [5.74, 6) is 1.91. The average molecular weight is 513 g/mol. The first-order valence-electron chi connectivity index (χ1n) is 13.8. The fraction of sp³-hybridized carbons (Fsp3) is 0.438. The van der Waals surface area contributed by atoms with E-state index in [1.807, 2.05) is 18.6 Å². The molecule has 0 fully saturated rings. The summed E-state index contributed by atoms with van der Waals surface area (Å²) in [6.45, 7) is 10.6. The van der Waals surface area contributed by atoms with Gasteiger partial charge in [0.2, 0.25) is 0 Å². The molecule has 2 atom stereocenters. The number of fused-ring (bicyclic) bond motifs is 1. The lowest BCUT2D eigenvalue weighted by atomic mass is 9.71. The highest BCUT2D eigenvalue weighted by Crippen LogP contribution is 2.44. The minimum Gasteiger partial charge on any atom is -0.380 e. The van der Waals surface area contributed by atoms with Crippen LogP contribution in [0.25, 0.3) is 16.7 Å². The smallest absolute Gasteiger partial charge is 0.126 e. The maximum absolute atomic E-state index is 4.61. The van der Waals surface area contributed by atoms with Crippen LogP contribution in [0.2, 0.25) is 0 Å². The SMILES string of the molecule is CCC1=C(CNc2ccc(NCCN(C)C)nc2)c2cc(-c3cncc(CN(C)C)c3)ccc2C(C)C1C. The average Bonchev–Trinajstić information content (AvgIpc) is 2.90. The van der Waals surface area contributed by atoms with E-state index in [1.165, 1.54) is 33.4 Å². The van der Waals surface area contributed by atoms with E-state index < -0.39 is 0 Å². The fourth-order valence-electron chi connectivity index (χ4n) is 5.46. The highest BCUT2D eigenvalue weighted by molar-refractivity contribution is 5.81. The predicted octanol–water partition coefficient (Wildman–Crippen LogP) is 6.21. The number of anilines is 2. The zero-order valence-electron chi connectivity index (χ0n) is 24.2. The molecule has 0 aliphatic heterocycles. The summed E-state index contributed by atoms with van der Waals surface area (Å²) in [6, 6.07) is 13.4. The molecule has 202 valence electrons. The van der Waals surface area contributed by atoms with Crippen molar-refractivity contribution in [3.05, 3.63) is 77.3 Å². The molecule has 6 heteroatoms. The van der Waals surface area contributed by atoms with Gasteiger partial charge in [-0.2, -0.15) is 0 Å². The zero-order valence-corrected chi connectivity index (χ0v) is 24.2. The minimum atomic E-state index is 0.491. The molecule has 1 aromatic carbocycles.